The maximum atomic E-state index is 5.66. The summed E-state index contributed by atoms with van der Waals surface area (Å²) in [5, 5.41) is 7.25. The summed E-state index contributed by atoms with van der Waals surface area (Å²) in [5.41, 5.74) is 1.86. The number of methoxy groups -OCH3 is 1. The van der Waals surface area contributed by atoms with Crippen LogP contribution in [0.15, 0.2) is 35.3 Å². The van der Waals surface area contributed by atoms with Crippen LogP contribution in [0.2, 0.25) is 0 Å². The van der Waals surface area contributed by atoms with Crippen molar-refractivity contribution in [1.82, 2.24) is 10.6 Å². The van der Waals surface area contributed by atoms with E-state index in [2.05, 4.69) is 46.0 Å². The molecule has 1 heterocycles. The summed E-state index contributed by atoms with van der Waals surface area (Å²) in [5.74, 6) is 0.908. The third-order valence-electron chi connectivity index (χ3n) is 6.79. The van der Waals surface area contributed by atoms with Crippen molar-refractivity contribution in [1.29, 1.82) is 0 Å². The van der Waals surface area contributed by atoms with Gasteiger partial charge in [0, 0.05) is 52.5 Å². The lowest BCUT2D eigenvalue weighted by molar-refractivity contribution is 0.0513. The van der Waals surface area contributed by atoms with Gasteiger partial charge in [0.05, 0.1) is 0 Å². The van der Waals surface area contributed by atoms with E-state index >= 15 is 0 Å². The fourth-order valence-electron chi connectivity index (χ4n) is 4.82. The molecule has 5 nitrogen and oxygen atoms in total. The molecule has 2 N–H and O–H groups in total. The first-order valence-corrected chi connectivity index (χ1v) is 10.8. The standard InChI is InChI=1S/C23H37N3O2/c1-24-21(25-18-22(12-15-27-2)10-6-7-11-22)26-19-23(13-16-28-17-14-23)20-8-4-3-5-9-20/h3-5,8-9H,6-7,10-19H2,1-2H3,(H2,24,25,26). The lowest BCUT2D eigenvalue weighted by Crippen LogP contribution is -2.49. The minimum Gasteiger partial charge on any atom is -0.385 e. The topological polar surface area (TPSA) is 54.9 Å². The van der Waals surface area contributed by atoms with Crippen molar-refractivity contribution in [2.24, 2.45) is 10.4 Å². The Labute approximate surface area is 170 Å². The Morgan fingerprint density at radius 2 is 1.71 bits per heavy atom. The Kier molecular flexibility index (Phi) is 7.74. The summed E-state index contributed by atoms with van der Waals surface area (Å²) in [6.07, 6.45) is 8.43. The van der Waals surface area contributed by atoms with Gasteiger partial charge in [0.2, 0.25) is 0 Å². The summed E-state index contributed by atoms with van der Waals surface area (Å²) < 4.78 is 11.0. The van der Waals surface area contributed by atoms with Gasteiger partial charge < -0.3 is 20.1 Å². The molecule has 2 fully saturated rings. The van der Waals surface area contributed by atoms with Crippen LogP contribution >= 0.6 is 0 Å². The second-order valence-electron chi connectivity index (χ2n) is 8.49. The molecule has 0 spiro atoms. The van der Waals surface area contributed by atoms with Gasteiger partial charge in [-0.25, -0.2) is 0 Å². The second kappa shape index (κ2) is 10.3. The molecular formula is C23H37N3O2. The summed E-state index contributed by atoms with van der Waals surface area (Å²) in [4.78, 5) is 4.50. The van der Waals surface area contributed by atoms with Crippen molar-refractivity contribution >= 4 is 5.96 Å². The zero-order valence-corrected chi connectivity index (χ0v) is 17.6. The molecule has 28 heavy (non-hydrogen) atoms. The van der Waals surface area contributed by atoms with Crippen molar-refractivity contribution in [2.75, 3.05) is 47.1 Å². The van der Waals surface area contributed by atoms with Gasteiger partial charge in [-0.15, -0.1) is 0 Å². The van der Waals surface area contributed by atoms with Crippen LogP contribution in [-0.2, 0) is 14.9 Å². The highest BCUT2D eigenvalue weighted by atomic mass is 16.5. The number of benzene rings is 1. The number of aliphatic imine (C=N–C) groups is 1. The Hall–Kier alpha value is -1.59. The molecule has 0 amide bonds. The van der Waals surface area contributed by atoms with Gasteiger partial charge in [-0.3, -0.25) is 4.99 Å². The predicted molar refractivity (Wildman–Crippen MR) is 115 cm³/mol. The zero-order valence-electron chi connectivity index (χ0n) is 17.6. The molecule has 0 aromatic heterocycles. The van der Waals surface area contributed by atoms with Gasteiger partial charge in [0.1, 0.15) is 0 Å². The molecule has 0 bridgehead atoms. The van der Waals surface area contributed by atoms with Gasteiger partial charge in [-0.1, -0.05) is 43.2 Å². The number of nitrogens with one attached hydrogen (secondary N) is 2. The van der Waals surface area contributed by atoms with Crippen LogP contribution < -0.4 is 10.6 Å². The summed E-state index contributed by atoms with van der Waals surface area (Å²) in [7, 11) is 3.67. The summed E-state index contributed by atoms with van der Waals surface area (Å²) >= 11 is 0. The van der Waals surface area contributed by atoms with Crippen LogP contribution in [0, 0.1) is 5.41 Å². The zero-order chi connectivity index (χ0) is 19.7. The molecule has 2 aliphatic rings. The SMILES string of the molecule is CN=C(NCC1(CCOC)CCCC1)NCC1(c2ccccc2)CCOCC1. The maximum absolute atomic E-state index is 5.66. The molecule has 1 aromatic carbocycles. The highest BCUT2D eigenvalue weighted by Crippen LogP contribution is 2.40. The average molecular weight is 388 g/mol. The minimum absolute atomic E-state index is 0.109. The van der Waals surface area contributed by atoms with Gasteiger partial charge in [0.25, 0.3) is 0 Å². The van der Waals surface area contributed by atoms with Crippen LogP contribution in [0.3, 0.4) is 0 Å². The Morgan fingerprint density at radius 3 is 2.36 bits per heavy atom. The molecule has 1 saturated heterocycles. The first-order chi connectivity index (χ1) is 13.7. The van der Waals surface area contributed by atoms with Crippen LogP contribution in [0.1, 0.15) is 50.5 Å². The number of hydrogen-bond donors (Lipinski definition) is 2. The molecule has 156 valence electrons. The third-order valence-corrected chi connectivity index (χ3v) is 6.79. The Balaban J connectivity index is 1.60. The van der Waals surface area contributed by atoms with Crippen molar-refractivity contribution in [3.63, 3.8) is 0 Å². The molecule has 1 saturated carbocycles. The molecule has 1 aromatic rings. The number of rotatable bonds is 8. The fraction of sp³-hybridized carbons (Fsp3) is 0.696. The number of nitrogens with zero attached hydrogens (tertiary/aromatic N) is 1. The molecule has 3 rings (SSSR count). The monoisotopic (exact) mass is 387 g/mol. The van der Waals surface area contributed by atoms with E-state index in [4.69, 9.17) is 9.47 Å². The molecule has 0 radical (unpaired) electrons. The molecular weight excluding hydrogens is 350 g/mol. The highest BCUT2D eigenvalue weighted by Gasteiger charge is 2.36. The lowest BCUT2D eigenvalue weighted by atomic mass is 9.74. The quantitative estimate of drug-likeness (QED) is 0.530. The summed E-state index contributed by atoms with van der Waals surface area (Å²) in [6, 6.07) is 10.9. The number of ether oxygens (including phenoxy) is 2. The maximum Gasteiger partial charge on any atom is 0.191 e. The first-order valence-electron chi connectivity index (χ1n) is 10.8. The van der Waals surface area contributed by atoms with E-state index in [0.29, 0.717) is 5.41 Å². The smallest absolute Gasteiger partial charge is 0.191 e. The van der Waals surface area contributed by atoms with Gasteiger partial charge in [0.15, 0.2) is 5.96 Å². The molecule has 1 aliphatic carbocycles. The van der Waals surface area contributed by atoms with Crippen LogP contribution in [0.4, 0.5) is 0 Å². The van der Waals surface area contributed by atoms with Gasteiger partial charge >= 0.3 is 0 Å². The fourth-order valence-corrected chi connectivity index (χ4v) is 4.82. The lowest BCUT2D eigenvalue weighted by Gasteiger charge is -2.38. The van der Waals surface area contributed by atoms with Gasteiger partial charge in [-0.05, 0) is 43.1 Å². The Bertz CT molecular complexity index is 606. The molecule has 1 aliphatic heterocycles. The minimum atomic E-state index is 0.109. The van der Waals surface area contributed by atoms with E-state index in [1.807, 2.05) is 7.05 Å². The van der Waals surface area contributed by atoms with Crippen molar-refractivity contribution in [3.8, 4) is 0 Å². The van der Waals surface area contributed by atoms with E-state index < -0.39 is 0 Å². The second-order valence-corrected chi connectivity index (χ2v) is 8.49. The van der Waals surface area contributed by atoms with Crippen LogP contribution in [0.25, 0.3) is 0 Å². The highest BCUT2D eigenvalue weighted by molar-refractivity contribution is 5.79. The van der Waals surface area contributed by atoms with E-state index in [1.165, 1.54) is 31.2 Å². The first kappa shape index (κ1) is 21.1. The van der Waals surface area contributed by atoms with Crippen molar-refractivity contribution in [2.45, 2.75) is 50.4 Å². The molecule has 0 atom stereocenters. The summed E-state index contributed by atoms with van der Waals surface area (Å²) in [6.45, 7) is 4.33. The van der Waals surface area contributed by atoms with Gasteiger partial charge in [-0.2, -0.15) is 0 Å². The van der Waals surface area contributed by atoms with Crippen LogP contribution in [0.5, 0.6) is 0 Å². The third kappa shape index (κ3) is 5.26. The van der Waals surface area contributed by atoms with Crippen molar-refractivity contribution < 1.29 is 9.47 Å². The van der Waals surface area contributed by atoms with E-state index in [1.54, 1.807) is 7.11 Å². The van der Waals surface area contributed by atoms with E-state index in [0.717, 1.165) is 58.1 Å². The van der Waals surface area contributed by atoms with Crippen molar-refractivity contribution in [3.05, 3.63) is 35.9 Å². The average Bonchev–Trinajstić information content (AvgIpc) is 3.23. The molecule has 0 unspecified atom stereocenters. The Morgan fingerprint density at radius 1 is 1.04 bits per heavy atom. The predicted octanol–water partition coefficient (Wildman–Crippen LogP) is 3.50. The number of guanidine groups is 1. The normalized spacial score (nSPS) is 21.4. The molecule has 5 heteroatoms. The largest absolute Gasteiger partial charge is 0.385 e. The van der Waals surface area contributed by atoms with E-state index in [9.17, 15) is 0 Å². The van der Waals surface area contributed by atoms with Crippen LogP contribution in [-0.4, -0.2) is 53.0 Å². The van der Waals surface area contributed by atoms with E-state index in [-0.39, 0.29) is 5.41 Å². The number of hydrogen-bond acceptors (Lipinski definition) is 3.